The number of allylic oxidation sites excluding steroid dienone is 2. The van der Waals surface area contributed by atoms with Gasteiger partial charge in [-0.15, -0.1) is 0 Å². The molecule has 0 aliphatic rings. The zero-order valence-corrected chi connectivity index (χ0v) is 13.9. The van der Waals surface area contributed by atoms with Crippen molar-refractivity contribution in [1.82, 2.24) is 0 Å². The third-order valence-electron chi connectivity index (χ3n) is 3.83. The fourth-order valence-electron chi connectivity index (χ4n) is 2.39. The minimum atomic E-state index is -1.19. The van der Waals surface area contributed by atoms with Crippen LogP contribution in [0.25, 0.3) is 0 Å². The quantitative estimate of drug-likeness (QED) is 0.297. The second-order valence-electron chi connectivity index (χ2n) is 5.95. The van der Waals surface area contributed by atoms with Gasteiger partial charge in [0.1, 0.15) is 0 Å². The highest BCUT2D eigenvalue weighted by Crippen LogP contribution is 2.10. The maximum atomic E-state index is 10.4. The molecule has 0 saturated heterocycles. The number of aliphatic carboxylic acids is 1. The van der Waals surface area contributed by atoms with Gasteiger partial charge in [0.05, 0.1) is 0 Å². The van der Waals surface area contributed by atoms with Gasteiger partial charge in [0.2, 0.25) is 0 Å². The van der Waals surface area contributed by atoms with Gasteiger partial charge in [-0.3, -0.25) is 0 Å². The second kappa shape index (κ2) is 16.5. The van der Waals surface area contributed by atoms with E-state index in [9.17, 15) is 4.79 Å². The van der Waals surface area contributed by atoms with E-state index in [1.807, 2.05) is 0 Å². The van der Waals surface area contributed by atoms with Crippen LogP contribution < -0.4 is 0 Å². The Hall–Kier alpha value is -0.870. The number of unbranched alkanes of at least 4 members (excludes halogenated alkanes) is 10. The van der Waals surface area contributed by atoms with Crippen LogP contribution in [0, 0.1) is 0 Å². The van der Waals surface area contributed by atoms with Gasteiger partial charge in [0, 0.05) is 6.61 Å². The molecule has 0 rings (SSSR count). The first-order chi connectivity index (χ1) is 10.7. The molecule has 4 nitrogen and oxygen atoms in total. The summed E-state index contributed by atoms with van der Waals surface area (Å²) in [6.45, 7) is 0.322. The standard InChI is InChI=1S/C18H34O4/c19-16-14-12-10-8-6-4-2-1-3-5-7-9-11-13-15-17(20)18(21)22/h1,3,17,19-20H,2,4-16H2,(H,21,22)/b3-1-. The zero-order valence-electron chi connectivity index (χ0n) is 13.9. The summed E-state index contributed by atoms with van der Waals surface area (Å²) in [5.74, 6) is -1.11. The summed E-state index contributed by atoms with van der Waals surface area (Å²) >= 11 is 0. The fourth-order valence-corrected chi connectivity index (χ4v) is 2.39. The highest BCUT2D eigenvalue weighted by atomic mass is 16.4. The minimum absolute atomic E-state index is 0.322. The van der Waals surface area contributed by atoms with Crippen LogP contribution in [0.4, 0.5) is 0 Å². The minimum Gasteiger partial charge on any atom is -0.479 e. The number of rotatable bonds is 16. The van der Waals surface area contributed by atoms with Gasteiger partial charge in [-0.2, -0.15) is 0 Å². The Morgan fingerprint density at radius 1 is 0.773 bits per heavy atom. The lowest BCUT2D eigenvalue weighted by atomic mass is 10.1. The summed E-state index contributed by atoms with van der Waals surface area (Å²) in [6.07, 6.45) is 17.1. The lowest BCUT2D eigenvalue weighted by Crippen LogP contribution is -2.18. The molecule has 22 heavy (non-hydrogen) atoms. The topological polar surface area (TPSA) is 77.8 Å². The molecule has 130 valence electrons. The van der Waals surface area contributed by atoms with Crippen molar-refractivity contribution in [2.75, 3.05) is 6.61 Å². The van der Waals surface area contributed by atoms with Crippen LogP contribution >= 0.6 is 0 Å². The summed E-state index contributed by atoms with van der Waals surface area (Å²) in [5, 5.41) is 26.3. The lowest BCUT2D eigenvalue weighted by Gasteiger charge is -2.04. The first kappa shape index (κ1) is 21.1. The van der Waals surface area contributed by atoms with E-state index in [1.165, 1.54) is 25.7 Å². The van der Waals surface area contributed by atoms with Crippen molar-refractivity contribution in [3.63, 3.8) is 0 Å². The zero-order chi connectivity index (χ0) is 16.5. The van der Waals surface area contributed by atoms with Crippen molar-refractivity contribution in [1.29, 1.82) is 0 Å². The highest BCUT2D eigenvalue weighted by molar-refractivity contribution is 5.71. The van der Waals surface area contributed by atoms with Crippen molar-refractivity contribution in [2.24, 2.45) is 0 Å². The number of aliphatic hydroxyl groups is 2. The largest absolute Gasteiger partial charge is 0.479 e. The summed E-state index contributed by atoms with van der Waals surface area (Å²) < 4.78 is 0. The molecule has 0 bridgehead atoms. The molecule has 0 radical (unpaired) electrons. The van der Waals surface area contributed by atoms with Crippen molar-refractivity contribution in [2.45, 2.75) is 89.6 Å². The molecule has 0 aliphatic heterocycles. The molecule has 0 heterocycles. The van der Waals surface area contributed by atoms with Gasteiger partial charge < -0.3 is 15.3 Å². The average molecular weight is 314 g/mol. The second-order valence-corrected chi connectivity index (χ2v) is 5.95. The molecule has 0 aliphatic carbocycles. The van der Waals surface area contributed by atoms with Crippen LogP contribution in [-0.2, 0) is 4.79 Å². The molecule has 0 spiro atoms. The molecule has 0 saturated carbocycles. The van der Waals surface area contributed by atoms with E-state index in [1.54, 1.807) is 0 Å². The Balaban J connectivity index is 3.16. The first-order valence-electron chi connectivity index (χ1n) is 8.85. The highest BCUT2D eigenvalue weighted by Gasteiger charge is 2.11. The number of carboxylic acids is 1. The number of carbonyl (C=O) groups is 1. The summed E-state index contributed by atoms with van der Waals surface area (Å²) in [5.41, 5.74) is 0. The third kappa shape index (κ3) is 15.5. The Morgan fingerprint density at radius 2 is 1.23 bits per heavy atom. The molecular formula is C18H34O4. The van der Waals surface area contributed by atoms with Crippen LogP contribution in [0.2, 0.25) is 0 Å². The number of hydrogen-bond donors (Lipinski definition) is 3. The maximum absolute atomic E-state index is 10.4. The van der Waals surface area contributed by atoms with E-state index in [0.717, 1.165) is 51.4 Å². The van der Waals surface area contributed by atoms with Crippen LogP contribution in [0.1, 0.15) is 83.5 Å². The Kier molecular flexibility index (Phi) is 15.8. The lowest BCUT2D eigenvalue weighted by molar-refractivity contribution is -0.146. The van der Waals surface area contributed by atoms with Gasteiger partial charge >= 0.3 is 5.97 Å². The van der Waals surface area contributed by atoms with E-state index >= 15 is 0 Å². The molecule has 1 atom stereocenters. The van der Waals surface area contributed by atoms with Crippen molar-refractivity contribution < 1.29 is 20.1 Å². The SMILES string of the molecule is O=C(O)C(O)CCCCCC/C=C\CCCCCCCCO. The van der Waals surface area contributed by atoms with Crippen molar-refractivity contribution >= 4 is 5.97 Å². The maximum Gasteiger partial charge on any atom is 0.332 e. The van der Waals surface area contributed by atoms with Crippen molar-refractivity contribution in [3.05, 3.63) is 12.2 Å². The molecule has 0 aromatic heterocycles. The summed E-state index contributed by atoms with van der Waals surface area (Å²) in [7, 11) is 0. The number of hydrogen-bond acceptors (Lipinski definition) is 3. The molecule has 3 N–H and O–H groups in total. The Morgan fingerprint density at radius 3 is 1.73 bits per heavy atom. The van der Waals surface area contributed by atoms with E-state index in [4.69, 9.17) is 15.3 Å². The summed E-state index contributed by atoms with van der Waals surface area (Å²) in [6, 6.07) is 0. The molecule has 1 unspecified atom stereocenters. The van der Waals surface area contributed by atoms with Gasteiger partial charge in [-0.25, -0.2) is 4.79 Å². The Bertz CT molecular complexity index is 276. The average Bonchev–Trinajstić information content (AvgIpc) is 2.50. The van der Waals surface area contributed by atoms with Gasteiger partial charge in [-0.05, 0) is 38.5 Å². The van der Waals surface area contributed by atoms with Gasteiger partial charge in [0.15, 0.2) is 6.10 Å². The van der Waals surface area contributed by atoms with E-state index in [0.29, 0.717) is 13.0 Å². The smallest absolute Gasteiger partial charge is 0.332 e. The van der Waals surface area contributed by atoms with Crippen LogP contribution in [0.5, 0.6) is 0 Å². The molecular weight excluding hydrogens is 280 g/mol. The molecule has 0 aromatic carbocycles. The normalized spacial score (nSPS) is 12.8. The molecule has 0 aromatic rings. The van der Waals surface area contributed by atoms with Crippen LogP contribution in [0.3, 0.4) is 0 Å². The van der Waals surface area contributed by atoms with Crippen LogP contribution in [0.15, 0.2) is 12.2 Å². The molecule has 0 amide bonds. The predicted molar refractivity (Wildman–Crippen MR) is 89.9 cm³/mol. The van der Waals surface area contributed by atoms with E-state index in [-0.39, 0.29) is 0 Å². The van der Waals surface area contributed by atoms with Crippen molar-refractivity contribution in [3.8, 4) is 0 Å². The third-order valence-corrected chi connectivity index (χ3v) is 3.83. The monoisotopic (exact) mass is 314 g/mol. The Labute approximate surface area is 135 Å². The molecule has 4 heteroatoms. The van der Waals surface area contributed by atoms with Gasteiger partial charge in [-0.1, -0.05) is 57.1 Å². The van der Waals surface area contributed by atoms with E-state index in [2.05, 4.69) is 12.2 Å². The van der Waals surface area contributed by atoms with Gasteiger partial charge in [0.25, 0.3) is 0 Å². The summed E-state index contributed by atoms with van der Waals surface area (Å²) in [4.78, 5) is 10.4. The van der Waals surface area contributed by atoms with E-state index < -0.39 is 12.1 Å². The number of aliphatic hydroxyl groups excluding tert-OH is 2. The van der Waals surface area contributed by atoms with Crippen LogP contribution in [-0.4, -0.2) is 34.0 Å². The molecule has 0 fully saturated rings. The number of carboxylic acid groups (broad SMARTS) is 1. The first-order valence-corrected chi connectivity index (χ1v) is 8.85. The fraction of sp³-hybridized carbons (Fsp3) is 0.833. The predicted octanol–water partition coefficient (Wildman–Crippen LogP) is 4.05.